The van der Waals surface area contributed by atoms with E-state index in [1.807, 2.05) is 0 Å². The summed E-state index contributed by atoms with van der Waals surface area (Å²) in [5, 5.41) is 2.24. The molecule has 1 N–H and O–H groups in total. The maximum absolute atomic E-state index is 11.6. The van der Waals surface area contributed by atoms with Crippen LogP contribution in [0.1, 0.15) is 0 Å². The highest BCUT2D eigenvalue weighted by Crippen LogP contribution is 2.20. The average Bonchev–Trinajstić information content (AvgIpc) is 2.12. The SMILES string of the molecule is CN1C=[C]NC1OC(F)(F)F. The van der Waals surface area contributed by atoms with Gasteiger partial charge in [0.05, 0.1) is 6.20 Å². The minimum Gasteiger partial charge on any atom is -0.340 e. The Hall–Kier alpha value is -0.910. The van der Waals surface area contributed by atoms with Crippen LogP contribution in [0.4, 0.5) is 13.2 Å². The van der Waals surface area contributed by atoms with Crippen molar-refractivity contribution in [1.29, 1.82) is 0 Å². The van der Waals surface area contributed by atoms with Gasteiger partial charge in [0.15, 0.2) is 0 Å². The summed E-state index contributed by atoms with van der Waals surface area (Å²) in [6, 6.07) is 0. The maximum Gasteiger partial charge on any atom is 0.525 e. The quantitative estimate of drug-likeness (QED) is 0.619. The van der Waals surface area contributed by atoms with Gasteiger partial charge in [-0.3, -0.25) is 0 Å². The predicted octanol–water partition coefficient (Wildman–Crippen LogP) is 0.616. The fourth-order valence-corrected chi connectivity index (χ4v) is 0.619. The zero-order valence-electron chi connectivity index (χ0n) is 5.64. The number of ether oxygens (including phenoxy) is 1. The number of halogens is 3. The fraction of sp³-hybridized carbons (Fsp3) is 0.600. The number of rotatable bonds is 1. The van der Waals surface area contributed by atoms with Gasteiger partial charge in [-0.15, -0.1) is 13.2 Å². The zero-order valence-corrected chi connectivity index (χ0v) is 5.64. The Morgan fingerprint density at radius 3 is 2.64 bits per heavy atom. The summed E-state index contributed by atoms with van der Waals surface area (Å²) < 4.78 is 38.3. The number of nitrogens with zero attached hydrogens (tertiary/aromatic N) is 1. The topological polar surface area (TPSA) is 24.5 Å². The molecule has 0 aliphatic carbocycles. The molecule has 1 radical (unpaired) electrons. The summed E-state index contributed by atoms with van der Waals surface area (Å²) >= 11 is 0. The molecule has 63 valence electrons. The molecule has 0 spiro atoms. The fourth-order valence-electron chi connectivity index (χ4n) is 0.619. The van der Waals surface area contributed by atoms with Crippen LogP contribution in [0, 0.1) is 6.20 Å². The van der Waals surface area contributed by atoms with E-state index < -0.39 is 12.7 Å². The van der Waals surface area contributed by atoms with Gasteiger partial charge in [-0.1, -0.05) is 0 Å². The molecule has 0 fully saturated rings. The number of nitrogens with one attached hydrogen (secondary N) is 1. The maximum atomic E-state index is 11.6. The van der Waals surface area contributed by atoms with Crippen molar-refractivity contribution in [3.05, 3.63) is 12.4 Å². The third-order valence-electron chi connectivity index (χ3n) is 1.09. The second-order valence-corrected chi connectivity index (χ2v) is 2.00. The van der Waals surface area contributed by atoms with E-state index in [-0.39, 0.29) is 0 Å². The van der Waals surface area contributed by atoms with E-state index in [9.17, 15) is 13.2 Å². The summed E-state index contributed by atoms with van der Waals surface area (Å²) in [5.41, 5.74) is 0. The van der Waals surface area contributed by atoms with Crippen LogP contribution in [0.3, 0.4) is 0 Å². The second kappa shape index (κ2) is 2.61. The molecular weight excluding hydrogens is 161 g/mol. The molecule has 3 nitrogen and oxygen atoms in total. The summed E-state index contributed by atoms with van der Waals surface area (Å²) in [6.07, 6.45) is -2.10. The van der Waals surface area contributed by atoms with Crippen LogP contribution in [0.2, 0.25) is 0 Å². The molecular formula is C5H6F3N2O. The normalized spacial score (nSPS) is 24.0. The summed E-state index contributed by atoms with van der Waals surface area (Å²) in [4.78, 5) is 1.22. The lowest BCUT2D eigenvalue weighted by Crippen LogP contribution is -2.39. The molecule has 0 saturated heterocycles. The molecule has 0 amide bonds. The van der Waals surface area contributed by atoms with Gasteiger partial charge in [-0.05, 0) is 0 Å². The molecule has 0 aromatic rings. The van der Waals surface area contributed by atoms with Gasteiger partial charge < -0.3 is 10.2 Å². The molecule has 1 atom stereocenters. The highest BCUT2D eigenvalue weighted by atomic mass is 19.4. The highest BCUT2D eigenvalue weighted by Gasteiger charge is 2.35. The monoisotopic (exact) mass is 167 g/mol. The Kier molecular flexibility index (Phi) is 1.95. The molecule has 1 rings (SSSR count). The molecule has 0 aromatic heterocycles. The second-order valence-electron chi connectivity index (χ2n) is 2.00. The minimum atomic E-state index is -4.62. The van der Waals surface area contributed by atoms with Crippen molar-refractivity contribution < 1.29 is 17.9 Å². The number of hydrogen-bond acceptors (Lipinski definition) is 3. The van der Waals surface area contributed by atoms with E-state index in [1.165, 1.54) is 18.1 Å². The van der Waals surface area contributed by atoms with Gasteiger partial charge in [0.2, 0.25) is 6.35 Å². The van der Waals surface area contributed by atoms with Gasteiger partial charge in [-0.2, -0.15) is 0 Å². The molecule has 0 aromatic carbocycles. The Morgan fingerprint density at radius 1 is 1.64 bits per heavy atom. The van der Waals surface area contributed by atoms with E-state index in [1.54, 1.807) is 0 Å². The molecule has 0 saturated carbocycles. The molecule has 0 bridgehead atoms. The third kappa shape index (κ3) is 2.30. The number of alkyl halides is 3. The zero-order chi connectivity index (χ0) is 8.48. The van der Waals surface area contributed by atoms with Crippen LogP contribution in [-0.2, 0) is 4.74 Å². The van der Waals surface area contributed by atoms with Crippen molar-refractivity contribution in [2.75, 3.05) is 7.05 Å². The highest BCUT2D eigenvalue weighted by molar-refractivity contribution is 4.81. The lowest BCUT2D eigenvalue weighted by molar-refractivity contribution is -0.357. The van der Waals surface area contributed by atoms with Crippen LogP contribution < -0.4 is 5.32 Å². The van der Waals surface area contributed by atoms with Crippen molar-refractivity contribution in [2.45, 2.75) is 12.7 Å². The van der Waals surface area contributed by atoms with Crippen LogP contribution in [-0.4, -0.2) is 24.7 Å². The van der Waals surface area contributed by atoms with Crippen molar-refractivity contribution in [2.24, 2.45) is 0 Å². The van der Waals surface area contributed by atoms with Gasteiger partial charge in [-0.25, -0.2) is 4.74 Å². The van der Waals surface area contributed by atoms with Crippen molar-refractivity contribution >= 4 is 0 Å². The Labute approximate surface area is 61.4 Å². The number of hydrogen-bond donors (Lipinski definition) is 1. The molecule has 1 heterocycles. The first-order valence-corrected chi connectivity index (χ1v) is 2.80. The first kappa shape index (κ1) is 8.19. The van der Waals surface area contributed by atoms with E-state index in [4.69, 9.17) is 0 Å². The summed E-state index contributed by atoms with van der Waals surface area (Å²) in [7, 11) is 1.45. The molecule has 11 heavy (non-hydrogen) atoms. The van der Waals surface area contributed by atoms with Crippen LogP contribution in [0.5, 0.6) is 0 Å². The van der Waals surface area contributed by atoms with E-state index in [2.05, 4.69) is 16.3 Å². The van der Waals surface area contributed by atoms with Crippen LogP contribution >= 0.6 is 0 Å². The van der Waals surface area contributed by atoms with Crippen molar-refractivity contribution in [3.63, 3.8) is 0 Å². The van der Waals surface area contributed by atoms with Gasteiger partial charge in [0, 0.05) is 13.2 Å². The Balaban J connectivity index is 2.40. The van der Waals surface area contributed by atoms with E-state index in [0.29, 0.717) is 0 Å². The van der Waals surface area contributed by atoms with E-state index >= 15 is 0 Å². The average molecular weight is 167 g/mol. The molecule has 1 aliphatic heterocycles. The van der Waals surface area contributed by atoms with Crippen molar-refractivity contribution in [3.8, 4) is 0 Å². The van der Waals surface area contributed by atoms with Crippen LogP contribution in [0.15, 0.2) is 6.20 Å². The van der Waals surface area contributed by atoms with Gasteiger partial charge >= 0.3 is 6.36 Å². The molecule has 1 unspecified atom stereocenters. The lowest BCUT2D eigenvalue weighted by Gasteiger charge is -2.21. The third-order valence-corrected chi connectivity index (χ3v) is 1.09. The van der Waals surface area contributed by atoms with Gasteiger partial charge in [0.25, 0.3) is 0 Å². The Morgan fingerprint density at radius 2 is 2.27 bits per heavy atom. The van der Waals surface area contributed by atoms with Gasteiger partial charge in [0.1, 0.15) is 0 Å². The lowest BCUT2D eigenvalue weighted by atomic mass is 10.8. The smallest absolute Gasteiger partial charge is 0.340 e. The molecule has 6 heteroatoms. The van der Waals surface area contributed by atoms with Crippen molar-refractivity contribution in [1.82, 2.24) is 10.2 Å². The van der Waals surface area contributed by atoms with E-state index in [0.717, 1.165) is 0 Å². The predicted molar refractivity (Wildman–Crippen MR) is 29.6 cm³/mol. The molecule has 1 aliphatic rings. The summed E-state index contributed by atoms with van der Waals surface area (Å²) in [5.74, 6) is 0. The summed E-state index contributed by atoms with van der Waals surface area (Å²) in [6.45, 7) is 0. The minimum absolute atomic E-state index is 1.19. The Bertz CT molecular complexity index is 168. The first-order valence-electron chi connectivity index (χ1n) is 2.80. The van der Waals surface area contributed by atoms with Crippen LogP contribution in [0.25, 0.3) is 0 Å². The standard InChI is InChI=1S/C5H6F3N2O/c1-10-3-2-9-4(10)11-5(6,7)8/h3-4,9H,1H3. The largest absolute Gasteiger partial charge is 0.525 e. The first-order chi connectivity index (χ1) is 4.99.